The predicted molar refractivity (Wildman–Crippen MR) is 102 cm³/mol. The molecule has 6 heteroatoms. The first-order chi connectivity index (χ1) is 12.8. The first kappa shape index (κ1) is 16.5. The Morgan fingerprint density at radius 2 is 1.85 bits per heavy atom. The van der Waals surface area contributed by atoms with Crippen molar-refractivity contribution in [3.63, 3.8) is 0 Å². The van der Waals surface area contributed by atoms with Gasteiger partial charge < -0.3 is 9.80 Å². The maximum Gasteiger partial charge on any atom is 0.158 e. The quantitative estimate of drug-likeness (QED) is 0.840. The molecule has 2 aromatic rings. The van der Waals surface area contributed by atoms with Crippen LogP contribution in [0.15, 0.2) is 16.8 Å². The lowest BCUT2D eigenvalue weighted by Gasteiger charge is -2.43. The summed E-state index contributed by atoms with van der Waals surface area (Å²) in [5.41, 5.74) is 4.41. The molecule has 0 spiro atoms. The van der Waals surface area contributed by atoms with Crippen molar-refractivity contribution in [3.8, 4) is 0 Å². The third-order valence-electron chi connectivity index (χ3n) is 6.53. The minimum atomic E-state index is 0.491. The van der Waals surface area contributed by atoms with Gasteiger partial charge >= 0.3 is 0 Å². The van der Waals surface area contributed by atoms with Crippen molar-refractivity contribution in [2.75, 3.05) is 51.2 Å². The summed E-state index contributed by atoms with van der Waals surface area (Å²) in [6, 6.07) is 5.03. The van der Waals surface area contributed by atoms with E-state index in [2.05, 4.69) is 44.2 Å². The highest BCUT2D eigenvalue weighted by Gasteiger charge is 2.32. The normalized spacial score (nSPS) is 25.9. The summed E-state index contributed by atoms with van der Waals surface area (Å²) >= 11 is 0. The van der Waals surface area contributed by atoms with E-state index in [0.29, 0.717) is 6.04 Å². The van der Waals surface area contributed by atoms with E-state index >= 15 is 0 Å². The van der Waals surface area contributed by atoms with E-state index in [1.54, 1.807) is 0 Å². The molecular weight excluding hydrogens is 326 g/mol. The fourth-order valence-corrected chi connectivity index (χ4v) is 5.04. The Balaban J connectivity index is 1.36. The van der Waals surface area contributed by atoms with E-state index in [1.165, 1.54) is 69.5 Å². The van der Waals surface area contributed by atoms with Crippen molar-refractivity contribution in [2.45, 2.75) is 38.1 Å². The van der Waals surface area contributed by atoms with Crippen LogP contribution in [0.1, 0.15) is 43.7 Å². The van der Waals surface area contributed by atoms with Crippen LogP contribution in [0.3, 0.4) is 0 Å². The molecule has 6 nitrogen and oxygen atoms in total. The van der Waals surface area contributed by atoms with Crippen LogP contribution in [0, 0.1) is 5.92 Å². The zero-order valence-corrected chi connectivity index (χ0v) is 15.7. The summed E-state index contributed by atoms with van der Waals surface area (Å²) < 4.78 is 5.08. The number of hydrogen-bond acceptors (Lipinski definition) is 6. The molecule has 1 unspecified atom stereocenters. The number of aromatic nitrogens is 2. The number of hydrogen-bond donors (Lipinski definition) is 0. The molecule has 3 aliphatic heterocycles. The summed E-state index contributed by atoms with van der Waals surface area (Å²) in [7, 11) is 2.24. The Hall–Kier alpha value is -1.66. The second-order valence-electron chi connectivity index (χ2n) is 8.44. The van der Waals surface area contributed by atoms with Crippen molar-refractivity contribution < 1.29 is 4.63 Å². The van der Waals surface area contributed by atoms with E-state index < -0.39 is 0 Å². The molecule has 0 radical (unpaired) electrons. The van der Waals surface area contributed by atoms with E-state index in [0.717, 1.165) is 30.0 Å². The third-order valence-corrected chi connectivity index (χ3v) is 6.53. The van der Waals surface area contributed by atoms with Gasteiger partial charge in [-0.15, -0.1) is 0 Å². The highest BCUT2D eigenvalue weighted by Crippen LogP contribution is 2.37. The summed E-state index contributed by atoms with van der Waals surface area (Å²) in [6.45, 7) is 7.26. The van der Waals surface area contributed by atoms with Crippen LogP contribution in [0.5, 0.6) is 0 Å². The lowest BCUT2D eigenvalue weighted by molar-refractivity contribution is 0.187. The molecule has 0 amide bonds. The smallest absolute Gasteiger partial charge is 0.158 e. The number of rotatable bonds is 4. The van der Waals surface area contributed by atoms with Crippen molar-refractivity contribution in [3.05, 3.63) is 17.7 Å². The van der Waals surface area contributed by atoms with Gasteiger partial charge in [-0.2, -0.15) is 0 Å². The number of fused-ring (bicyclic) bond motifs is 1. The summed E-state index contributed by atoms with van der Waals surface area (Å²) in [5.74, 6) is 0.782. The van der Waals surface area contributed by atoms with Gasteiger partial charge in [0.1, 0.15) is 5.52 Å². The number of anilines is 1. The fraction of sp³-hybridized carbons (Fsp3) is 0.700. The maximum atomic E-state index is 5.08. The highest BCUT2D eigenvalue weighted by molar-refractivity contribution is 5.89. The van der Waals surface area contributed by atoms with Crippen LogP contribution in [0.25, 0.3) is 11.0 Å². The average molecular weight is 355 g/mol. The molecule has 0 saturated carbocycles. The van der Waals surface area contributed by atoms with Crippen molar-refractivity contribution >= 4 is 16.7 Å². The fourth-order valence-electron chi connectivity index (χ4n) is 5.04. The third kappa shape index (κ3) is 2.99. The van der Waals surface area contributed by atoms with E-state index in [-0.39, 0.29) is 0 Å². The Morgan fingerprint density at radius 3 is 2.65 bits per heavy atom. The molecule has 0 N–H and O–H groups in total. The van der Waals surface area contributed by atoms with E-state index in [1.807, 2.05) is 0 Å². The highest BCUT2D eigenvalue weighted by atomic mass is 16.6. The Bertz CT molecular complexity index is 763. The lowest BCUT2D eigenvalue weighted by atomic mass is 9.93. The summed E-state index contributed by atoms with van der Waals surface area (Å²) in [4.78, 5) is 7.58. The van der Waals surface area contributed by atoms with Crippen LogP contribution >= 0.6 is 0 Å². The van der Waals surface area contributed by atoms with Gasteiger partial charge in [-0.1, -0.05) is 6.42 Å². The van der Waals surface area contributed by atoms with Crippen molar-refractivity contribution in [1.82, 2.24) is 20.1 Å². The lowest BCUT2D eigenvalue weighted by Crippen LogP contribution is -2.51. The van der Waals surface area contributed by atoms with Gasteiger partial charge in [-0.3, -0.25) is 4.90 Å². The van der Waals surface area contributed by atoms with Crippen LogP contribution in [-0.2, 0) is 0 Å². The first-order valence-electron chi connectivity index (χ1n) is 10.2. The van der Waals surface area contributed by atoms with Crippen LogP contribution in [-0.4, -0.2) is 66.4 Å². The van der Waals surface area contributed by atoms with E-state index in [9.17, 15) is 0 Å². The molecule has 3 saturated heterocycles. The van der Waals surface area contributed by atoms with Gasteiger partial charge in [0.2, 0.25) is 0 Å². The van der Waals surface area contributed by atoms with Crippen molar-refractivity contribution in [2.24, 2.45) is 5.92 Å². The SMILES string of the molecule is CN1CCCCC1c1cc(N2CC(CN3CCCC3)C2)c2nonc2c1. The van der Waals surface area contributed by atoms with Crippen LogP contribution in [0.2, 0.25) is 0 Å². The van der Waals surface area contributed by atoms with Gasteiger partial charge in [-0.25, -0.2) is 4.63 Å². The second kappa shape index (κ2) is 6.82. The number of piperidine rings is 1. The Labute approximate surface area is 155 Å². The molecule has 5 rings (SSSR count). The minimum absolute atomic E-state index is 0.491. The monoisotopic (exact) mass is 355 g/mol. The zero-order chi connectivity index (χ0) is 17.5. The molecule has 1 atom stereocenters. The molecule has 0 bridgehead atoms. The van der Waals surface area contributed by atoms with Gasteiger partial charge in [-0.05, 0) is 80.4 Å². The largest absolute Gasteiger partial charge is 0.369 e. The molecule has 0 aliphatic carbocycles. The first-order valence-corrected chi connectivity index (χ1v) is 10.2. The standard InChI is InChI=1S/C20H29N5O/c1-23-7-3-2-6-18(23)16-10-17-20(22-26-21-17)19(11-16)25-13-15(14-25)12-24-8-4-5-9-24/h10-11,15,18H,2-9,12-14H2,1H3. The molecule has 3 fully saturated rings. The molecule has 26 heavy (non-hydrogen) atoms. The molecule has 4 heterocycles. The predicted octanol–water partition coefficient (Wildman–Crippen LogP) is 2.91. The average Bonchev–Trinajstić information content (AvgIpc) is 3.29. The summed E-state index contributed by atoms with van der Waals surface area (Å²) in [6.07, 6.45) is 6.58. The van der Waals surface area contributed by atoms with Gasteiger partial charge in [0.15, 0.2) is 5.52 Å². The van der Waals surface area contributed by atoms with Crippen LogP contribution in [0.4, 0.5) is 5.69 Å². The number of nitrogens with zero attached hydrogens (tertiary/aromatic N) is 5. The van der Waals surface area contributed by atoms with Gasteiger partial charge in [0.25, 0.3) is 0 Å². The topological polar surface area (TPSA) is 48.6 Å². The molecule has 140 valence electrons. The number of benzene rings is 1. The minimum Gasteiger partial charge on any atom is -0.369 e. The van der Waals surface area contributed by atoms with Gasteiger partial charge in [0, 0.05) is 31.6 Å². The zero-order valence-electron chi connectivity index (χ0n) is 15.7. The van der Waals surface area contributed by atoms with Crippen LogP contribution < -0.4 is 4.90 Å². The maximum absolute atomic E-state index is 5.08. The summed E-state index contributed by atoms with van der Waals surface area (Å²) in [5, 5.41) is 8.37. The Kier molecular flexibility index (Phi) is 4.33. The Morgan fingerprint density at radius 1 is 1.04 bits per heavy atom. The van der Waals surface area contributed by atoms with E-state index in [4.69, 9.17) is 4.63 Å². The number of likely N-dealkylation sites (tertiary alicyclic amines) is 2. The second-order valence-corrected chi connectivity index (χ2v) is 8.44. The molecule has 3 aliphatic rings. The van der Waals surface area contributed by atoms with Crippen molar-refractivity contribution in [1.29, 1.82) is 0 Å². The van der Waals surface area contributed by atoms with Gasteiger partial charge in [0.05, 0.1) is 5.69 Å². The molecule has 1 aromatic heterocycles. The molecular formula is C20H29N5O. The molecule has 1 aromatic carbocycles.